The van der Waals surface area contributed by atoms with Gasteiger partial charge in [-0.25, -0.2) is 0 Å². The molecule has 2 aliphatic rings. The molecule has 5 nitrogen and oxygen atoms in total. The number of aliphatic imine (C=N–C) groups is 1. The number of aryl methyl sites for hydroxylation is 1. The average molecular weight is 346 g/mol. The molecule has 1 aromatic rings. The second-order valence-electron chi connectivity index (χ2n) is 6.42. The number of carbonyl (C=O) groups is 2. The van der Waals surface area contributed by atoms with Gasteiger partial charge in [-0.1, -0.05) is 43.2 Å². The van der Waals surface area contributed by atoms with E-state index in [1.807, 2.05) is 31.2 Å². The number of amidine groups is 1. The van der Waals surface area contributed by atoms with Gasteiger partial charge in [0.1, 0.15) is 5.25 Å². The van der Waals surface area contributed by atoms with Crippen molar-refractivity contribution in [3.05, 3.63) is 29.8 Å². The minimum atomic E-state index is -0.955. The van der Waals surface area contributed by atoms with Crippen LogP contribution in [0.5, 0.6) is 0 Å². The molecule has 6 heteroatoms. The fourth-order valence-electron chi connectivity index (χ4n) is 3.22. The van der Waals surface area contributed by atoms with Gasteiger partial charge < -0.3 is 5.11 Å². The van der Waals surface area contributed by atoms with Crippen LogP contribution in [-0.2, 0) is 9.59 Å². The summed E-state index contributed by atoms with van der Waals surface area (Å²) in [5.74, 6) is -1.13. The van der Waals surface area contributed by atoms with E-state index in [4.69, 9.17) is 10.1 Å². The van der Waals surface area contributed by atoms with Crippen LogP contribution >= 0.6 is 11.8 Å². The summed E-state index contributed by atoms with van der Waals surface area (Å²) in [6.07, 6.45) is 5.51. The number of hydrogen-bond acceptors (Lipinski definition) is 4. The van der Waals surface area contributed by atoms with Crippen molar-refractivity contribution in [3.63, 3.8) is 0 Å². The number of rotatable bonds is 4. The highest BCUT2D eigenvalue weighted by Gasteiger charge is 2.40. The van der Waals surface area contributed by atoms with E-state index in [9.17, 15) is 9.59 Å². The van der Waals surface area contributed by atoms with E-state index in [0.29, 0.717) is 5.17 Å². The van der Waals surface area contributed by atoms with Gasteiger partial charge in [-0.2, -0.15) is 0 Å². The van der Waals surface area contributed by atoms with Crippen molar-refractivity contribution in [1.82, 2.24) is 0 Å². The lowest BCUT2D eigenvalue weighted by atomic mass is 9.96. The Balaban J connectivity index is 1.91. The Bertz CT molecular complexity index is 668. The molecule has 128 valence electrons. The highest BCUT2D eigenvalue weighted by Crippen LogP contribution is 2.35. The van der Waals surface area contributed by atoms with Crippen LogP contribution in [0.3, 0.4) is 0 Å². The van der Waals surface area contributed by atoms with Crippen LogP contribution in [0.2, 0.25) is 0 Å². The maximum Gasteiger partial charge on any atom is 0.305 e. The van der Waals surface area contributed by atoms with E-state index in [2.05, 4.69) is 0 Å². The highest BCUT2D eigenvalue weighted by molar-refractivity contribution is 8.16. The summed E-state index contributed by atoms with van der Waals surface area (Å²) in [4.78, 5) is 30.3. The normalized spacial score (nSPS) is 23.9. The van der Waals surface area contributed by atoms with Gasteiger partial charge in [-0.15, -0.1) is 0 Å². The molecule has 24 heavy (non-hydrogen) atoms. The van der Waals surface area contributed by atoms with Gasteiger partial charge in [0, 0.05) is 0 Å². The Kier molecular flexibility index (Phi) is 5.23. The van der Waals surface area contributed by atoms with Crippen molar-refractivity contribution < 1.29 is 14.7 Å². The molecular weight excluding hydrogens is 324 g/mol. The van der Waals surface area contributed by atoms with Gasteiger partial charge in [0.15, 0.2) is 5.17 Å². The molecular formula is C18H22N2O3S. The Morgan fingerprint density at radius 2 is 2.08 bits per heavy atom. The van der Waals surface area contributed by atoms with Gasteiger partial charge >= 0.3 is 5.97 Å². The van der Waals surface area contributed by atoms with Crippen LogP contribution in [0.15, 0.2) is 29.3 Å². The molecule has 3 rings (SSSR count). The van der Waals surface area contributed by atoms with Gasteiger partial charge in [0.25, 0.3) is 0 Å². The third-order valence-corrected chi connectivity index (χ3v) is 5.57. The first-order valence-electron chi connectivity index (χ1n) is 8.41. The number of nitrogens with zero attached hydrogens (tertiary/aromatic N) is 2. The zero-order valence-electron chi connectivity index (χ0n) is 13.8. The third-order valence-electron chi connectivity index (χ3n) is 4.42. The first kappa shape index (κ1) is 17.0. The highest BCUT2D eigenvalue weighted by atomic mass is 32.2. The minimum Gasteiger partial charge on any atom is -0.481 e. The first-order chi connectivity index (χ1) is 11.5. The summed E-state index contributed by atoms with van der Waals surface area (Å²) in [5, 5.41) is 9.14. The first-order valence-corrected chi connectivity index (χ1v) is 9.29. The number of carbonyl (C=O) groups excluding carboxylic acids is 1. The smallest absolute Gasteiger partial charge is 0.305 e. The molecule has 1 aliphatic heterocycles. The minimum absolute atomic E-state index is 0.171. The Morgan fingerprint density at radius 1 is 1.33 bits per heavy atom. The molecule has 2 fully saturated rings. The molecule has 1 heterocycles. The monoisotopic (exact) mass is 346 g/mol. The molecule has 1 saturated carbocycles. The summed E-state index contributed by atoms with van der Waals surface area (Å²) in [6.45, 7) is 1.98. The van der Waals surface area contributed by atoms with Gasteiger partial charge in [0.05, 0.1) is 18.2 Å². The van der Waals surface area contributed by atoms with E-state index in [1.165, 1.54) is 31.0 Å². The molecule has 1 amide bonds. The number of aliphatic carboxylic acids is 1. The molecule has 1 atom stereocenters. The quantitative estimate of drug-likeness (QED) is 0.904. The number of thioether (sulfide) groups is 1. The lowest BCUT2D eigenvalue weighted by molar-refractivity contribution is -0.138. The molecule has 0 bridgehead atoms. The zero-order chi connectivity index (χ0) is 17.1. The Hall–Kier alpha value is -1.82. The van der Waals surface area contributed by atoms with Crippen LogP contribution < -0.4 is 4.90 Å². The van der Waals surface area contributed by atoms with E-state index < -0.39 is 11.2 Å². The van der Waals surface area contributed by atoms with Crippen LogP contribution in [0.25, 0.3) is 0 Å². The number of hydrogen-bond donors (Lipinski definition) is 1. The van der Waals surface area contributed by atoms with Crippen molar-refractivity contribution in [1.29, 1.82) is 0 Å². The second kappa shape index (κ2) is 7.38. The third kappa shape index (κ3) is 3.80. The van der Waals surface area contributed by atoms with Crippen molar-refractivity contribution in [2.45, 2.75) is 56.7 Å². The maximum absolute atomic E-state index is 12.8. The van der Waals surface area contributed by atoms with Crippen molar-refractivity contribution in [3.8, 4) is 0 Å². The van der Waals surface area contributed by atoms with Crippen LogP contribution in [0, 0.1) is 6.92 Å². The lowest BCUT2D eigenvalue weighted by Gasteiger charge is -2.21. The molecule has 0 spiro atoms. The zero-order valence-corrected chi connectivity index (χ0v) is 14.6. The largest absolute Gasteiger partial charge is 0.481 e. The number of carboxylic acids is 1. The number of carboxylic acid groups (broad SMARTS) is 1. The van der Waals surface area contributed by atoms with Gasteiger partial charge in [-0.05, 0) is 37.5 Å². The van der Waals surface area contributed by atoms with Crippen molar-refractivity contribution in [2.75, 3.05) is 4.90 Å². The maximum atomic E-state index is 12.8. The fraction of sp³-hybridized carbons (Fsp3) is 0.500. The molecule has 1 N–H and O–H groups in total. The second-order valence-corrected chi connectivity index (χ2v) is 7.59. The Labute approximate surface area is 146 Å². The van der Waals surface area contributed by atoms with E-state index in [0.717, 1.165) is 24.1 Å². The summed E-state index contributed by atoms with van der Waals surface area (Å²) < 4.78 is 0. The number of amides is 1. The van der Waals surface area contributed by atoms with Crippen LogP contribution in [-0.4, -0.2) is 33.4 Å². The summed E-state index contributed by atoms with van der Waals surface area (Å²) in [6, 6.07) is 7.95. The molecule has 1 aliphatic carbocycles. The van der Waals surface area contributed by atoms with Gasteiger partial charge in [0.2, 0.25) is 5.91 Å². The fourth-order valence-corrected chi connectivity index (χ4v) is 4.41. The van der Waals surface area contributed by atoms with Gasteiger partial charge in [-0.3, -0.25) is 19.5 Å². The molecule has 1 saturated heterocycles. The molecule has 1 aromatic carbocycles. The van der Waals surface area contributed by atoms with E-state index in [-0.39, 0.29) is 18.4 Å². The topological polar surface area (TPSA) is 70.0 Å². The number of anilines is 1. The average Bonchev–Trinajstić information content (AvgIpc) is 2.83. The molecule has 0 radical (unpaired) electrons. The predicted molar refractivity (Wildman–Crippen MR) is 96.6 cm³/mol. The van der Waals surface area contributed by atoms with E-state index >= 15 is 0 Å². The van der Waals surface area contributed by atoms with Crippen LogP contribution in [0.4, 0.5) is 5.69 Å². The standard InChI is InChI=1S/C18H22N2O3S/c1-12-6-5-9-14(10-12)20-17(23)15(11-16(21)22)24-18(20)19-13-7-3-2-4-8-13/h5-6,9-10,13,15H,2-4,7-8,11H2,1H3,(H,21,22). The molecule has 1 unspecified atom stereocenters. The summed E-state index contributed by atoms with van der Waals surface area (Å²) in [7, 11) is 0. The molecule has 0 aromatic heterocycles. The summed E-state index contributed by atoms with van der Waals surface area (Å²) in [5.41, 5.74) is 1.83. The van der Waals surface area contributed by atoms with E-state index in [1.54, 1.807) is 4.90 Å². The van der Waals surface area contributed by atoms with Crippen molar-refractivity contribution >= 4 is 34.5 Å². The predicted octanol–water partition coefficient (Wildman–Crippen LogP) is 3.61. The van der Waals surface area contributed by atoms with Crippen LogP contribution in [0.1, 0.15) is 44.1 Å². The van der Waals surface area contributed by atoms with Crippen molar-refractivity contribution in [2.24, 2.45) is 4.99 Å². The lowest BCUT2D eigenvalue weighted by Crippen LogP contribution is -2.33. The SMILES string of the molecule is Cc1cccc(N2C(=O)C(CC(=O)O)SC2=NC2CCCCC2)c1. The Morgan fingerprint density at radius 3 is 2.75 bits per heavy atom. The summed E-state index contributed by atoms with van der Waals surface area (Å²) >= 11 is 1.30. The number of benzene rings is 1.